The number of hydrogen-bond acceptors (Lipinski definition) is 6. The minimum Gasteiger partial charge on any atom is -0.381 e. The van der Waals surface area contributed by atoms with Crippen LogP contribution < -0.4 is 15.1 Å². The second-order valence-corrected chi connectivity index (χ2v) is 11.7. The fourth-order valence-electron chi connectivity index (χ4n) is 6.55. The number of pyridine rings is 1. The summed E-state index contributed by atoms with van der Waals surface area (Å²) in [4.78, 5) is 21.9. The largest absolute Gasteiger partial charge is 0.381 e. The van der Waals surface area contributed by atoms with E-state index in [9.17, 15) is 9.18 Å². The zero-order chi connectivity index (χ0) is 26.4. The van der Waals surface area contributed by atoms with Crippen molar-refractivity contribution in [3.63, 3.8) is 0 Å². The lowest BCUT2D eigenvalue weighted by molar-refractivity contribution is -0.124. The standard InChI is InChI=1S/C29H36F2N4O3/c1-18(2)38-22-6-4-19(5-7-22)28(36)35-14-20-10-21(30)13-32-27(20)33-24-11-23(31)25(12-26(24)35)34-15-29(16-34)8-3-9-37-17-29/h10-13,18-19,22H,3-9,14-17H2,1-2H3,(H,32,33). The Morgan fingerprint density at radius 1 is 1.16 bits per heavy atom. The summed E-state index contributed by atoms with van der Waals surface area (Å²) < 4.78 is 41.3. The van der Waals surface area contributed by atoms with Crippen molar-refractivity contribution in [2.24, 2.45) is 11.3 Å². The Labute approximate surface area is 222 Å². The molecule has 0 atom stereocenters. The van der Waals surface area contributed by atoms with E-state index in [2.05, 4.69) is 10.3 Å². The lowest BCUT2D eigenvalue weighted by atomic mass is 9.75. The molecule has 0 bridgehead atoms. The summed E-state index contributed by atoms with van der Waals surface area (Å²) in [5.74, 6) is -0.578. The maximum Gasteiger partial charge on any atom is 0.230 e. The first kappa shape index (κ1) is 25.5. The van der Waals surface area contributed by atoms with E-state index in [0.717, 1.165) is 64.4 Å². The first-order valence-electron chi connectivity index (χ1n) is 13.8. The number of ether oxygens (including phenoxy) is 2. The molecule has 1 spiro atoms. The van der Waals surface area contributed by atoms with Crippen LogP contribution in [-0.2, 0) is 20.8 Å². The van der Waals surface area contributed by atoms with E-state index in [1.807, 2.05) is 18.7 Å². The van der Waals surface area contributed by atoms with Crippen LogP contribution in [-0.4, -0.2) is 49.4 Å². The lowest BCUT2D eigenvalue weighted by Gasteiger charge is -2.53. The molecule has 3 aliphatic heterocycles. The molecule has 1 aromatic heterocycles. The SMILES string of the molecule is CC(C)OC1CCC(C(=O)N2Cc3cc(F)cnc3Nc3cc(F)c(N4CC5(CCCOC5)C4)cc32)CC1. The highest BCUT2D eigenvalue weighted by Gasteiger charge is 2.45. The van der Waals surface area contributed by atoms with Crippen molar-refractivity contribution in [1.82, 2.24) is 4.98 Å². The molecule has 204 valence electrons. The molecule has 0 radical (unpaired) electrons. The second-order valence-electron chi connectivity index (χ2n) is 11.7. The molecular weight excluding hydrogens is 490 g/mol. The number of nitrogens with zero attached hydrogens (tertiary/aromatic N) is 3. The molecule has 1 aliphatic carbocycles. The highest BCUT2D eigenvalue weighted by molar-refractivity contribution is 6.00. The van der Waals surface area contributed by atoms with E-state index in [1.54, 1.807) is 11.0 Å². The summed E-state index contributed by atoms with van der Waals surface area (Å²) in [6.45, 7) is 7.19. The first-order valence-corrected chi connectivity index (χ1v) is 13.8. The van der Waals surface area contributed by atoms with Crippen LogP contribution in [0.2, 0.25) is 0 Å². The fourth-order valence-corrected chi connectivity index (χ4v) is 6.55. The first-order chi connectivity index (χ1) is 18.3. The van der Waals surface area contributed by atoms with Gasteiger partial charge in [0.25, 0.3) is 0 Å². The Morgan fingerprint density at radius 3 is 2.66 bits per heavy atom. The molecule has 38 heavy (non-hydrogen) atoms. The highest BCUT2D eigenvalue weighted by Crippen LogP contribution is 2.45. The van der Waals surface area contributed by atoms with Crippen molar-refractivity contribution >= 4 is 28.8 Å². The number of rotatable bonds is 4. The molecule has 1 saturated carbocycles. The predicted molar refractivity (Wildman–Crippen MR) is 142 cm³/mol. The molecule has 4 heterocycles. The minimum absolute atomic E-state index is 0.0218. The molecule has 2 aromatic rings. The molecule has 6 rings (SSSR count). The Morgan fingerprint density at radius 2 is 1.95 bits per heavy atom. The lowest BCUT2D eigenvalue weighted by Crippen LogP contribution is -2.60. The number of fused-ring (bicyclic) bond motifs is 2. The normalized spacial score (nSPS) is 24.3. The van der Waals surface area contributed by atoms with Crippen LogP contribution in [0.1, 0.15) is 57.9 Å². The van der Waals surface area contributed by atoms with E-state index < -0.39 is 5.82 Å². The van der Waals surface area contributed by atoms with Gasteiger partial charge in [-0.2, -0.15) is 0 Å². The van der Waals surface area contributed by atoms with E-state index >= 15 is 4.39 Å². The number of nitrogens with one attached hydrogen (secondary N) is 1. The van der Waals surface area contributed by atoms with Gasteiger partial charge in [0.15, 0.2) is 0 Å². The van der Waals surface area contributed by atoms with Crippen molar-refractivity contribution < 1.29 is 23.0 Å². The van der Waals surface area contributed by atoms with Crippen molar-refractivity contribution in [3.05, 3.63) is 41.6 Å². The van der Waals surface area contributed by atoms with Gasteiger partial charge in [-0.3, -0.25) is 4.79 Å². The summed E-state index contributed by atoms with van der Waals surface area (Å²) in [5, 5.41) is 3.18. The summed E-state index contributed by atoms with van der Waals surface area (Å²) in [5.41, 5.74) is 2.20. The van der Waals surface area contributed by atoms with Crippen molar-refractivity contribution in [1.29, 1.82) is 0 Å². The van der Waals surface area contributed by atoms with Gasteiger partial charge in [0.2, 0.25) is 5.91 Å². The van der Waals surface area contributed by atoms with Gasteiger partial charge in [-0.15, -0.1) is 0 Å². The monoisotopic (exact) mass is 526 g/mol. The van der Waals surface area contributed by atoms with Crippen molar-refractivity contribution in [3.8, 4) is 0 Å². The van der Waals surface area contributed by atoms with Gasteiger partial charge in [0.05, 0.1) is 48.6 Å². The van der Waals surface area contributed by atoms with Crippen LogP contribution >= 0.6 is 0 Å². The third-order valence-electron chi connectivity index (χ3n) is 8.42. The van der Waals surface area contributed by atoms with Crippen LogP contribution in [0, 0.1) is 23.0 Å². The highest BCUT2D eigenvalue weighted by atomic mass is 19.1. The van der Waals surface area contributed by atoms with E-state index in [4.69, 9.17) is 9.47 Å². The number of benzene rings is 1. The Hall–Kier alpha value is -2.78. The van der Waals surface area contributed by atoms with Crippen LogP contribution in [0.3, 0.4) is 0 Å². The number of halogens is 2. The molecule has 1 aromatic carbocycles. The van der Waals surface area contributed by atoms with Crippen LogP contribution in [0.5, 0.6) is 0 Å². The Bertz CT molecular complexity index is 1200. The number of anilines is 4. The van der Waals surface area contributed by atoms with E-state index in [0.29, 0.717) is 35.1 Å². The molecular formula is C29H36F2N4O3. The molecule has 1 N–H and O–H groups in total. The van der Waals surface area contributed by atoms with Gasteiger partial charge >= 0.3 is 0 Å². The van der Waals surface area contributed by atoms with Gasteiger partial charge in [-0.25, -0.2) is 13.8 Å². The van der Waals surface area contributed by atoms with Gasteiger partial charge in [-0.05, 0) is 64.5 Å². The van der Waals surface area contributed by atoms with E-state index in [-0.39, 0.29) is 41.8 Å². The maximum absolute atomic E-state index is 15.5. The predicted octanol–water partition coefficient (Wildman–Crippen LogP) is 5.55. The second kappa shape index (κ2) is 10.1. The maximum atomic E-state index is 15.5. The zero-order valence-corrected chi connectivity index (χ0v) is 22.1. The summed E-state index contributed by atoms with van der Waals surface area (Å²) >= 11 is 0. The quantitative estimate of drug-likeness (QED) is 0.564. The Balaban J connectivity index is 1.30. The average Bonchev–Trinajstić information content (AvgIpc) is 3.03. The van der Waals surface area contributed by atoms with Crippen LogP contribution in [0.15, 0.2) is 24.4 Å². The van der Waals surface area contributed by atoms with Crippen molar-refractivity contribution in [2.45, 2.75) is 71.1 Å². The number of carbonyl (C=O) groups is 1. The number of amides is 1. The molecule has 3 fully saturated rings. The summed E-state index contributed by atoms with van der Waals surface area (Å²) in [7, 11) is 0. The average molecular weight is 527 g/mol. The number of aromatic nitrogens is 1. The van der Waals surface area contributed by atoms with Crippen molar-refractivity contribution in [2.75, 3.05) is 41.4 Å². The van der Waals surface area contributed by atoms with Gasteiger partial charge < -0.3 is 24.6 Å². The van der Waals surface area contributed by atoms with Gasteiger partial charge in [0, 0.05) is 42.7 Å². The van der Waals surface area contributed by atoms with E-state index in [1.165, 1.54) is 12.1 Å². The topological polar surface area (TPSA) is 66.9 Å². The zero-order valence-electron chi connectivity index (χ0n) is 22.1. The summed E-state index contributed by atoms with van der Waals surface area (Å²) in [6.07, 6.45) is 6.67. The number of carbonyl (C=O) groups excluding carboxylic acids is 1. The van der Waals surface area contributed by atoms with Crippen LogP contribution in [0.25, 0.3) is 0 Å². The Kier molecular flexibility index (Phi) is 6.76. The van der Waals surface area contributed by atoms with Crippen LogP contribution in [0.4, 0.5) is 31.7 Å². The third-order valence-corrected chi connectivity index (χ3v) is 8.42. The molecule has 9 heteroatoms. The fraction of sp³-hybridized carbons (Fsp3) is 0.586. The summed E-state index contributed by atoms with van der Waals surface area (Å²) in [6, 6.07) is 4.62. The molecule has 0 unspecified atom stereocenters. The molecule has 1 amide bonds. The molecule has 7 nitrogen and oxygen atoms in total. The molecule has 4 aliphatic rings. The van der Waals surface area contributed by atoms with Gasteiger partial charge in [0.1, 0.15) is 17.5 Å². The smallest absolute Gasteiger partial charge is 0.230 e. The van der Waals surface area contributed by atoms with Gasteiger partial charge in [-0.1, -0.05) is 0 Å². The molecule has 2 saturated heterocycles. The third kappa shape index (κ3) is 4.86. The minimum atomic E-state index is -0.470. The number of hydrogen-bond donors (Lipinski definition) is 1.